The number of aliphatic hydroxyl groups excluding tert-OH is 1. The molecule has 2 N–H and O–H groups in total. The molecule has 22 heavy (non-hydrogen) atoms. The Kier molecular flexibility index (Phi) is 5.84. The number of aliphatic hydroxyl groups is 1. The number of hydrogen-bond donors (Lipinski definition) is 2. The molecular formula is C17H30N2O3. The predicted octanol–water partition coefficient (Wildman–Crippen LogP) is 1.83. The normalized spacial score (nSPS) is 25.8. The molecular weight excluding hydrogens is 280 g/mol. The van der Waals surface area contributed by atoms with Gasteiger partial charge in [-0.1, -0.05) is 26.7 Å². The number of nitrogens with zero attached hydrogens (tertiary/aromatic N) is 1. The lowest BCUT2D eigenvalue weighted by Crippen LogP contribution is -2.38. The van der Waals surface area contributed by atoms with Crippen molar-refractivity contribution in [1.82, 2.24) is 10.2 Å². The van der Waals surface area contributed by atoms with Crippen LogP contribution in [0.2, 0.25) is 0 Å². The summed E-state index contributed by atoms with van der Waals surface area (Å²) in [6, 6.07) is 0.315. The summed E-state index contributed by atoms with van der Waals surface area (Å²) in [6.07, 6.45) is 6.07. The fraction of sp³-hybridized carbons (Fsp3) is 0.882. The van der Waals surface area contributed by atoms with Crippen LogP contribution in [0.5, 0.6) is 0 Å². The van der Waals surface area contributed by atoms with Crippen molar-refractivity contribution in [3.05, 3.63) is 0 Å². The van der Waals surface area contributed by atoms with Gasteiger partial charge in [0.25, 0.3) is 0 Å². The number of hydrogen-bond acceptors (Lipinski definition) is 3. The molecule has 1 heterocycles. The van der Waals surface area contributed by atoms with Crippen molar-refractivity contribution in [2.24, 2.45) is 5.41 Å². The third-order valence-electron chi connectivity index (χ3n) is 4.78. The van der Waals surface area contributed by atoms with Crippen LogP contribution in [0.25, 0.3) is 0 Å². The van der Waals surface area contributed by atoms with Gasteiger partial charge in [-0.25, -0.2) is 0 Å². The van der Waals surface area contributed by atoms with Gasteiger partial charge in [0.05, 0.1) is 6.10 Å². The topological polar surface area (TPSA) is 69.6 Å². The molecule has 2 aliphatic rings. The monoisotopic (exact) mass is 310 g/mol. The van der Waals surface area contributed by atoms with Crippen molar-refractivity contribution >= 4 is 11.8 Å². The van der Waals surface area contributed by atoms with Crippen molar-refractivity contribution in [1.29, 1.82) is 0 Å². The van der Waals surface area contributed by atoms with E-state index in [1.165, 1.54) is 12.8 Å². The quantitative estimate of drug-likeness (QED) is 0.832. The van der Waals surface area contributed by atoms with Gasteiger partial charge in [-0.3, -0.25) is 9.59 Å². The van der Waals surface area contributed by atoms with Crippen LogP contribution in [0.1, 0.15) is 65.2 Å². The van der Waals surface area contributed by atoms with Gasteiger partial charge < -0.3 is 15.3 Å². The summed E-state index contributed by atoms with van der Waals surface area (Å²) in [7, 11) is 0. The van der Waals surface area contributed by atoms with E-state index in [9.17, 15) is 14.7 Å². The smallest absolute Gasteiger partial charge is 0.223 e. The highest BCUT2D eigenvalue weighted by Crippen LogP contribution is 2.28. The SMILES string of the molecule is CC1(C)CC(O)CCN(C(=O)CCC(=O)NC2CCCC2)C1. The molecule has 0 spiro atoms. The molecule has 1 saturated carbocycles. The molecule has 5 nitrogen and oxygen atoms in total. The summed E-state index contributed by atoms with van der Waals surface area (Å²) in [5.41, 5.74) is -0.0717. The molecule has 1 aliphatic heterocycles. The molecule has 2 fully saturated rings. The zero-order chi connectivity index (χ0) is 16.2. The lowest BCUT2D eigenvalue weighted by Gasteiger charge is -2.29. The fourth-order valence-corrected chi connectivity index (χ4v) is 3.67. The first-order valence-electron chi connectivity index (χ1n) is 8.61. The van der Waals surface area contributed by atoms with E-state index in [4.69, 9.17) is 0 Å². The Hall–Kier alpha value is -1.10. The molecule has 0 aromatic heterocycles. The number of carbonyl (C=O) groups is 2. The van der Waals surface area contributed by atoms with Crippen molar-refractivity contribution in [3.8, 4) is 0 Å². The van der Waals surface area contributed by atoms with Gasteiger partial charge in [0, 0.05) is 32.0 Å². The molecule has 2 amide bonds. The summed E-state index contributed by atoms with van der Waals surface area (Å²) >= 11 is 0. The molecule has 0 radical (unpaired) electrons. The van der Waals surface area contributed by atoms with Gasteiger partial charge in [-0.05, 0) is 31.1 Å². The van der Waals surface area contributed by atoms with Crippen LogP contribution in [-0.2, 0) is 9.59 Å². The van der Waals surface area contributed by atoms with Crippen LogP contribution >= 0.6 is 0 Å². The molecule has 1 atom stereocenters. The predicted molar refractivity (Wildman–Crippen MR) is 85.2 cm³/mol. The van der Waals surface area contributed by atoms with Gasteiger partial charge in [0.1, 0.15) is 0 Å². The maximum absolute atomic E-state index is 12.4. The molecule has 0 aromatic rings. The van der Waals surface area contributed by atoms with Crippen LogP contribution in [0, 0.1) is 5.41 Å². The van der Waals surface area contributed by atoms with Gasteiger partial charge in [0.2, 0.25) is 11.8 Å². The molecule has 1 saturated heterocycles. The van der Waals surface area contributed by atoms with Crippen LogP contribution in [0.15, 0.2) is 0 Å². The number of carbonyl (C=O) groups excluding carboxylic acids is 2. The van der Waals surface area contributed by atoms with Crippen molar-refractivity contribution in [2.75, 3.05) is 13.1 Å². The second-order valence-electron chi connectivity index (χ2n) is 7.68. The fourth-order valence-electron chi connectivity index (χ4n) is 3.67. The Morgan fingerprint density at radius 3 is 2.55 bits per heavy atom. The lowest BCUT2D eigenvalue weighted by atomic mass is 9.87. The van der Waals surface area contributed by atoms with Crippen molar-refractivity contribution in [2.45, 2.75) is 77.4 Å². The Morgan fingerprint density at radius 1 is 1.18 bits per heavy atom. The minimum atomic E-state index is -0.335. The average Bonchev–Trinajstić information content (AvgIpc) is 2.87. The van der Waals surface area contributed by atoms with Gasteiger partial charge in [-0.2, -0.15) is 0 Å². The third kappa shape index (κ3) is 5.27. The zero-order valence-corrected chi connectivity index (χ0v) is 13.9. The largest absolute Gasteiger partial charge is 0.393 e. The zero-order valence-electron chi connectivity index (χ0n) is 13.9. The number of rotatable bonds is 4. The van der Waals surface area contributed by atoms with Crippen LogP contribution < -0.4 is 5.32 Å². The van der Waals surface area contributed by atoms with E-state index in [1.54, 1.807) is 0 Å². The highest BCUT2D eigenvalue weighted by atomic mass is 16.3. The lowest BCUT2D eigenvalue weighted by molar-refractivity contribution is -0.134. The highest BCUT2D eigenvalue weighted by molar-refractivity contribution is 5.84. The molecule has 5 heteroatoms. The van der Waals surface area contributed by atoms with E-state index in [2.05, 4.69) is 19.2 Å². The highest BCUT2D eigenvalue weighted by Gasteiger charge is 2.31. The van der Waals surface area contributed by atoms with E-state index in [0.717, 1.165) is 19.3 Å². The van der Waals surface area contributed by atoms with Crippen LogP contribution in [-0.4, -0.2) is 47.1 Å². The minimum absolute atomic E-state index is 0.00522. The molecule has 126 valence electrons. The number of likely N-dealkylation sites (tertiary alicyclic amines) is 1. The number of amides is 2. The van der Waals surface area contributed by atoms with Crippen molar-refractivity contribution in [3.63, 3.8) is 0 Å². The maximum Gasteiger partial charge on any atom is 0.223 e. The number of nitrogens with one attached hydrogen (secondary N) is 1. The molecule has 1 aliphatic carbocycles. The van der Waals surface area contributed by atoms with E-state index in [0.29, 0.717) is 25.6 Å². The Labute approximate surface area is 133 Å². The summed E-state index contributed by atoms with van der Waals surface area (Å²) in [6.45, 7) is 5.41. The standard InChI is InChI=1S/C17H30N2O3/c1-17(2)11-14(20)9-10-19(12-17)16(22)8-7-15(21)18-13-5-3-4-6-13/h13-14,20H,3-12H2,1-2H3,(H,18,21). The first-order valence-corrected chi connectivity index (χ1v) is 8.61. The molecule has 0 bridgehead atoms. The first kappa shape index (κ1) is 17.3. The Balaban J connectivity index is 1.77. The summed E-state index contributed by atoms with van der Waals surface area (Å²) in [4.78, 5) is 26.1. The van der Waals surface area contributed by atoms with Crippen molar-refractivity contribution < 1.29 is 14.7 Å². The second-order valence-corrected chi connectivity index (χ2v) is 7.68. The Bertz CT molecular complexity index is 403. The maximum atomic E-state index is 12.4. The van der Waals surface area contributed by atoms with E-state index in [-0.39, 0.29) is 36.2 Å². The first-order chi connectivity index (χ1) is 10.4. The van der Waals surface area contributed by atoms with E-state index < -0.39 is 0 Å². The molecule has 0 aromatic carbocycles. The van der Waals surface area contributed by atoms with Crippen LogP contribution in [0.3, 0.4) is 0 Å². The van der Waals surface area contributed by atoms with E-state index >= 15 is 0 Å². The van der Waals surface area contributed by atoms with Gasteiger partial charge in [0.15, 0.2) is 0 Å². The minimum Gasteiger partial charge on any atom is -0.393 e. The summed E-state index contributed by atoms with van der Waals surface area (Å²) < 4.78 is 0. The third-order valence-corrected chi connectivity index (χ3v) is 4.78. The summed E-state index contributed by atoms with van der Waals surface area (Å²) in [5.74, 6) is 0.0260. The molecule has 1 unspecified atom stereocenters. The van der Waals surface area contributed by atoms with Gasteiger partial charge >= 0.3 is 0 Å². The average molecular weight is 310 g/mol. The van der Waals surface area contributed by atoms with Gasteiger partial charge in [-0.15, -0.1) is 0 Å². The second kappa shape index (κ2) is 7.44. The summed E-state index contributed by atoms with van der Waals surface area (Å²) in [5, 5.41) is 12.9. The molecule has 2 rings (SSSR count). The van der Waals surface area contributed by atoms with E-state index in [1.807, 2.05) is 4.90 Å². The Morgan fingerprint density at radius 2 is 1.86 bits per heavy atom. The van der Waals surface area contributed by atoms with Crippen LogP contribution in [0.4, 0.5) is 0 Å².